The van der Waals surface area contributed by atoms with Gasteiger partial charge in [0.1, 0.15) is 5.69 Å². The number of anilines is 2. The van der Waals surface area contributed by atoms with Crippen LogP contribution in [0.5, 0.6) is 0 Å². The van der Waals surface area contributed by atoms with Crippen LogP contribution in [-0.2, 0) is 0 Å². The van der Waals surface area contributed by atoms with E-state index < -0.39 is 0 Å². The third kappa shape index (κ3) is 3.27. The van der Waals surface area contributed by atoms with Crippen molar-refractivity contribution in [2.45, 2.75) is 19.8 Å². The maximum absolute atomic E-state index is 11.9. The summed E-state index contributed by atoms with van der Waals surface area (Å²) in [5.41, 5.74) is 4.39. The van der Waals surface area contributed by atoms with Gasteiger partial charge in [-0.1, -0.05) is 13.8 Å². The number of hydrogen-bond donors (Lipinski definition) is 3. The highest BCUT2D eigenvalue weighted by Gasteiger charge is 2.11. The Labute approximate surface area is 115 Å². The summed E-state index contributed by atoms with van der Waals surface area (Å²) in [5.74, 6) is 5.29. The van der Waals surface area contributed by atoms with Crippen LogP contribution in [0.1, 0.15) is 35.9 Å². The quantitative estimate of drug-likeness (QED) is 0.588. The van der Waals surface area contributed by atoms with Crippen LogP contribution in [0.15, 0.2) is 23.7 Å². The third-order valence-corrected chi connectivity index (χ3v) is 3.27. The molecule has 0 aliphatic rings. The van der Waals surface area contributed by atoms with E-state index in [2.05, 4.69) is 34.6 Å². The van der Waals surface area contributed by atoms with E-state index in [4.69, 9.17) is 5.84 Å². The molecule has 0 unspecified atom stereocenters. The lowest BCUT2D eigenvalue weighted by Gasteiger charge is -2.03. The Morgan fingerprint density at radius 3 is 2.74 bits per heavy atom. The lowest BCUT2D eigenvalue weighted by molar-refractivity contribution is 0.102. The van der Waals surface area contributed by atoms with Crippen LogP contribution in [0.2, 0.25) is 0 Å². The van der Waals surface area contributed by atoms with E-state index in [1.54, 1.807) is 12.1 Å². The Kier molecular flexibility index (Phi) is 4.08. The van der Waals surface area contributed by atoms with Gasteiger partial charge >= 0.3 is 0 Å². The predicted molar refractivity (Wildman–Crippen MR) is 76.2 cm³/mol. The zero-order chi connectivity index (χ0) is 13.8. The summed E-state index contributed by atoms with van der Waals surface area (Å²) in [6.07, 6.45) is 1.50. The van der Waals surface area contributed by atoms with Crippen LogP contribution in [0.4, 0.5) is 10.8 Å². The number of thiazole rings is 1. The minimum atomic E-state index is -0.284. The molecule has 0 saturated carbocycles. The Bertz CT molecular complexity index is 564. The number of carbonyl (C=O) groups is 1. The summed E-state index contributed by atoms with van der Waals surface area (Å²) < 4.78 is 0. The van der Waals surface area contributed by atoms with Crippen molar-refractivity contribution in [3.63, 3.8) is 0 Å². The molecule has 2 aromatic heterocycles. The lowest BCUT2D eigenvalue weighted by atomic mass is 10.2. The molecule has 2 heterocycles. The molecule has 1 amide bonds. The summed E-state index contributed by atoms with van der Waals surface area (Å²) in [5, 5.41) is 5.25. The van der Waals surface area contributed by atoms with Crippen molar-refractivity contribution in [1.29, 1.82) is 0 Å². The molecule has 0 aliphatic carbocycles. The number of hydrogen-bond acceptors (Lipinski definition) is 6. The van der Waals surface area contributed by atoms with Crippen molar-refractivity contribution < 1.29 is 4.79 Å². The highest BCUT2D eigenvalue weighted by molar-refractivity contribution is 7.14. The molecule has 100 valence electrons. The fourth-order valence-corrected chi connectivity index (χ4v) is 2.25. The van der Waals surface area contributed by atoms with Crippen LogP contribution >= 0.6 is 11.3 Å². The second-order valence-electron chi connectivity index (χ2n) is 4.26. The molecule has 19 heavy (non-hydrogen) atoms. The average Bonchev–Trinajstić information content (AvgIpc) is 2.87. The highest BCUT2D eigenvalue weighted by Crippen LogP contribution is 2.21. The van der Waals surface area contributed by atoms with Gasteiger partial charge in [-0.2, -0.15) is 0 Å². The molecule has 0 atom stereocenters. The van der Waals surface area contributed by atoms with Crippen LogP contribution in [0.3, 0.4) is 0 Å². The molecular weight excluding hydrogens is 262 g/mol. The number of carbonyl (C=O) groups excluding carboxylic acids is 1. The van der Waals surface area contributed by atoms with Crippen molar-refractivity contribution in [3.8, 4) is 0 Å². The normalized spacial score (nSPS) is 10.5. The largest absolute Gasteiger partial charge is 0.323 e. The second kappa shape index (κ2) is 5.77. The van der Waals surface area contributed by atoms with Gasteiger partial charge in [0.15, 0.2) is 5.13 Å². The van der Waals surface area contributed by atoms with E-state index in [-0.39, 0.29) is 5.91 Å². The lowest BCUT2D eigenvalue weighted by Crippen LogP contribution is -2.14. The molecule has 0 aromatic carbocycles. The number of nitrogen functional groups attached to an aromatic ring is 1. The van der Waals surface area contributed by atoms with E-state index in [0.29, 0.717) is 22.4 Å². The smallest absolute Gasteiger partial charge is 0.276 e. The maximum Gasteiger partial charge on any atom is 0.276 e. The molecular formula is C12H15N5OS. The van der Waals surface area contributed by atoms with Gasteiger partial charge in [-0.3, -0.25) is 16.0 Å². The van der Waals surface area contributed by atoms with Crippen molar-refractivity contribution in [2.24, 2.45) is 5.84 Å². The Balaban J connectivity index is 2.06. The Morgan fingerprint density at radius 1 is 1.42 bits per heavy atom. The van der Waals surface area contributed by atoms with Gasteiger partial charge in [-0.05, 0) is 18.1 Å². The summed E-state index contributed by atoms with van der Waals surface area (Å²) in [4.78, 5) is 20.3. The molecule has 4 N–H and O–H groups in total. The summed E-state index contributed by atoms with van der Waals surface area (Å²) >= 11 is 1.41. The van der Waals surface area contributed by atoms with E-state index in [1.807, 2.05) is 5.38 Å². The van der Waals surface area contributed by atoms with Gasteiger partial charge in [-0.25, -0.2) is 9.97 Å². The van der Waals surface area contributed by atoms with Crippen LogP contribution in [0.25, 0.3) is 0 Å². The highest BCUT2D eigenvalue weighted by atomic mass is 32.1. The summed E-state index contributed by atoms with van der Waals surface area (Å²) in [7, 11) is 0. The molecule has 2 rings (SSSR count). The zero-order valence-electron chi connectivity index (χ0n) is 10.7. The summed E-state index contributed by atoms with van der Waals surface area (Å²) in [6, 6.07) is 3.28. The average molecular weight is 277 g/mol. The number of amides is 1. The number of nitrogens with zero attached hydrogens (tertiary/aromatic N) is 2. The minimum Gasteiger partial charge on any atom is -0.323 e. The van der Waals surface area contributed by atoms with Gasteiger partial charge in [-0.15, -0.1) is 11.3 Å². The molecule has 0 fully saturated rings. The van der Waals surface area contributed by atoms with Gasteiger partial charge in [0.05, 0.1) is 17.6 Å². The van der Waals surface area contributed by atoms with Crippen molar-refractivity contribution in [3.05, 3.63) is 35.1 Å². The molecule has 0 saturated heterocycles. The Hall–Kier alpha value is -1.99. The number of rotatable bonds is 4. The van der Waals surface area contributed by atoms with Crippen LogP contribution < -0.4 is 16.6 Å². The first kappa shape index (κ1) is 13.4. The third-order valence-electron chi connectivity index (χ3n) is 2.50. The standard InChI is InChI=1S/C12H15N5OS/c1-7(2)10-6-19-12(15-10)16-11(18)9-4-3-8(17-13)5-14-9/h3-7,17H,13H2,1-2H3,(H,15,16,18). The van der Waals surface area contributed by atoms with Crippen molar-refractivity contribution >= 4 is 28.1 Å². The molecule has 6 nitrogen and oxygen atoms in total. The van der Waals surface area contributed by atoms with E-state index >= 15 is 0 Å². The monoisotopic (exact) mass is 277 g/mol. The predicted octanol–water partition coefficient (Wildman–Crippen LogP) is 2.20. The first-order valence-corrected chi connectivity index (χ1v) is 6.67. The second-order valence-corrected chi connectivity index (χ2v) is 5.12. The van der Waals surface area contributed by atoms with Gasteiger partial charge in [0.25, 0.3) is 5.91 Å². The first-order valence-electron chi connectivity index (χ1n) is 5.79. The fourth-order valence-electron chi connectivity index (χ4n) is 1.38. The van der Waals surface area contributed by atoms with Gasteiger partial charge < -0.3 is 5.43 Å². The number of pyridine rings is 1. The zero-order valence-corrected chi connectivity index (χ0v) is 11.5. The van der Waals surface area contributed by atoms with Crippen LogP contribution in [0, 0.1) is 0 Å². The number of hydrazine groups is 1. The number of nitrogens with two attached hydrogens (primary N) is 1. The van der Waals surface area contributed by atoms with Gasteiger partial charge in [0.2, 0.25) is 0 Å². The molecule has 0 aliphatic heterocycles. The molecule has 7 heteroatoms. The summed E-state index contributed by atoms with van der Waals surface area (Å²) in [6.45, 7) is 4.11. The van der Waals surface area contributed by atoms with E-state index in [9.17, 15) is 4.79 Å². The van der Waals surface area contributed by atoms with Crippen molar-refractivity contribution in [2.75, 3.05) is 10.7 Å². The SMILES string of the molecule is CC(C)c1csc(NC(=O)c2ccc(NN)cn2)n1. The van der Waals surface area contributed by atoms with Crippen LogP contribution in [-0.4, -0.2) is 15.9 Å². The molecule has 0 radical (unpaired) electrons. The topological polar surface area (TPSA) is 92.9 Å². The van der Waals surface area contributed by atoms with E-state index in [1.165, 1.54) is 17.5 Å². The molecule has 2 aromatic rings. The minimum absolute atomic E-state index is 0.284. The van der Waals surface area contributed by atoms with Gasteiger partial charge in [0, 0.05) is 5.38 Å². The first-order chi connectivity index (χ1) is 9.10. The fraction of sp³-hybridized carbons (Fsp3) is 0.250. The van der Waals surface area contributed by atoms with Crippen molar-refractivity contribution in [1.82, 2.24) is 9.97 Å². The number of aromatic nitrogens is 2. The Morgan fingerprint density at radius 2 is 2.21 bits per heavy atom. The number of nitrogens with one attached hydrogen (secondary N) is 2. The maximum atomic E-state index is 11.9. The molecule has 0 spiro atoms. The van der Waals surface area contributed by atoms with E-state index in [0.717, 1.165) is 5.69 Å². The molecule has 0 bridgehead atoms.